The summed E-state index contributed by atoms with van der Waals surface area (Å²) in [5, 5.41) is 1.69. The second-order valence-electron chi connectivity index (χ2n) is 7.42. The van der Waals surface area contributed by atoms with E-state index < -0.39 is 18.1 Å². The summed E-state index contributed by atoms with van der Waals surface area (Å²) >= 11 is 3.46. The van der Waals surface area contributed by atoms with Gasteiger partial charge in [0.2, 0.25) is 5.91 Å². The van der Waals surface area contributed by atoms with Crippen molar-refractivity contribution < 1.29 is 19.2 Å². The fourth-order valence-corrected chi connectivity index (χ4v) is 4.46. The number of hydrogen-bond donors (Lipinski definition) is 0. The van der Waals surface area contributed by atoms with E-state index in [2.05, 4.69) is 15.9 Å². The summed E-state index contributed by atoms with van der Waals surface area (Å²) in [6, 6.07) is 23.7. The van der Waals surface area contributed by atoms with Gasteiger partial charge in [0.05, 0.1) is 24.5 Å². The molecule has 2 heterocycles. The van der Waals surface area contributed by atoms with Crippen LogP contribution in [0.4, 0.5) is 11.4 Å². The smallest absolute Gasteiger partial charge is 0.266 e. The van der Waals surface area contributed by atoms with E-state index in [0.29, 0.717) is 11.4 Å². The van der Waals surface area contributed by atoms with E-state index in [1.54, 1.807) is 36.4 Å². The number of anilines is 2. The second kappa shape index (κ2) is 7.83. The Balaban J connectivity index is 1.56. The maximum Gasteiger partial charge on any atom is 0.266 e. The Morgan fingerprint density at radius 2 is 1.52 bits per heavy atom. The summed E-state index contributed by atoms with van der Waals surface area (Å²) in [6.07, 6.45) is -0.886. The number of carbonyl (C=O) groups is 2. The minimum absolute atomic E-state index is 0.272. The minimum atomic E-state index is -0.886. The van der Waals surface area contributed by atoms with Crippen LogP contribution in [0.2, 0.25) is 0 Å². The van der Waals surface area contributed by atoms with E-state index in [-0.39, 0.29) is 11.8 Å². The number of methoxy groups -OCH3 is 1. The zero-order valence-electron chi connectivity index (χ0n) is 16.6. The molecule has 2 saturated heterocycles. The summed E-state index contributed by atoms with van der Waals surface area (Å²) < 4.78 is 6.12. The molecule has 3 aromatic carbocycles. The Morgan fingerprint density at radius 3 is 2.16 bits per heavy atom. The number of ether oxygens (including phenoxy) is 1. The SMILES string of the molecule is COc1ccc(N2C(=O)[C@H]3[C@H](ON(c4ccccc4)[C@H]3c3ccc(Br)cc3)C2=O)cc1. The van der Waals surface area contributed by atoms with Gasteiger partial charge in [-0.1, -0.05) is 46.3 Å². The lowest BCUT2D eigenvalue weighted by atomic mass is 9.90. The molecule has 2 amide bonds. The third kappa shape index (κ3) is 3.30. The van der Waals surface area contributed by atoms with Crippen molar-refractivity contribution in [3.05, 3.63) is 88.9 Å². The largest absolute Gasteiger partial charge is 0.497 e. The summed E-state index contributed by atoms with van der Waals surface area (Å²) in [5.74, 6) is -0.634. The number of hydroxylamine groups is 1. The van der Waals surface area contributed by atoms with Crippen LogP contribution < -0.4 is 14.7 Å². The van der Waals surface area contributed by atoms with Crippen molar-refractivity contribution in [2.45, 2.75) is 12.1 Å². The molecule has 0 aromatic heterocycles. The highest BCUT2D eigenvalue weighted by atomic mass is 79.9. The van der Waals surface area contributed by atoms with Gasteiger partial charge in [0, 0.05) is 4.47 Å². The van der Waals surface area contributed by atoms with Gasteiger partial charge in [-0.05, 0) is 54.1 Å². The number of fused-ring (bicyclic) bond motifs is 1. The Hall–Kier alpha value is -3.16. The van der Waals surface area contributed by atoms with Crippen LogP contribution in [0.3, 0.4) is 0 Å². The number of benzene rings is 3. The van der Waals surface area contributed by atoms with Crippen molar-refractivity contribution in [3.63, 3.8) is 0 Å². The van der Waals surface area contributed by atoms with Gasteiger partial charge in [-0.15, -0.1) is 0 Å². The molecule has 2 aliphatic rings. The van der Waals surface area contributed by atoms with Crippen LogP contribution in [0.5, 0.6) is 5.75 Å². The van der Waals surface area contributed by atoms with Crippen molar-refractivity contribution >= 4 is 39.1 Å². The quantitative estimate of drug-likeness (QED) is 0.516. The van der Waals surface area contributed by atoms with E-state index in [0.717, 1.165) is 15.7 Å². The molecule has 6 nitrogen and oxygen atoms in total. The summed E-state index contributed by atoms with van der Waals surface area (Å²) in [6.45, 7) is 0. The maximum atomic E-state index is 13.5. The second-order valence-corrected chi connectivity index (χ2v) is 8.34. The molecule has 0 unspecified atom stereocenters. The number of nitrogens with zero attached hydrogens (tertiary/aromatic N) is 2. The van der Waals surface area contributed by atoms with Crippen molar-refractivity contribution in [2.24, 2.45) is 5.92 Å². The molecular formula is C24H19BrN2O4. The Kier molecular flexibility index (Phi) is 5.00. The average molecular weight is 479 g/mol. The number of hydrogen-bond acceptors (Lipinski definition) is 5. The molecule has 0 radical (unpaired) electrons. The van der Waals surface area contributed by atoms with Gasteiger partial charge in [-0.25, -0.2) is 9.96 Å². The van der Waals surface area contributed by atoms with Crippen LogP contribution in [0.15, 0.2) is 83.3 Å². The highest BCUT2D eigenvalue weighted by molar-refractivity contribution is 9.10. The van der Waals surface area contributed by atoms with Crippen LogP contribution in [-0.2, 0) is 14.4 Å². The Labute approximate surface area is 188 Å². The first-order valence-corrected chi connectivity index (χ1v) is 10.7. The van der Waals surface area contributed by atoms with E-state index in [9.17, 15) is 9.59 Å². The number of halogens is 1. The molecule has 3 aromatic rings. The predicted octanol–water partition coefficient (Wildman–Crippen LogP) is 4.51. The molecule has 3 atom stereocenters. The highest BCUT2D eigenvalue weighted by Gasteiger charge is 2.60. The third-order valence-electron chi connectivity index (χ3n) is 5.67. The van der Waals surface area contributed by atoms with Crippen molar-refractivity contribution in [2.75, 3.05) is 17.1 Å². The minimum Gasteiger partial charge on any atom is -0.497 e. The predicted molar refractivity (Wildman–Crippen MR) is 120 cm³/mol. The molecular weight excluding hydrogens is 460 g/mol. The van der Waals surface area contributed by atoms with Crippen LogP contribution in [-0.4, -0.2) is 25.0 Å². The van der Waals surface area contributed by atoms with E-state index >= 15 is 0 Å². The standard InChI is InChI=1S/C24H19BrN2O4/c1-30-19-13-11-17(12-14-19)26-23(28)20-21(15-7-9-16(25)10-8-15)27(31-22(20)24(26)29)18-5-3-2-4-6-18/h2-14,20-22H,1H3/t20-,21+,22+/m1/s1. The highest BCUT2D eigenvalue weighted by Crippen LogP contribution is 2.47. The van der Waals surface area contributed by atoms with Gasteiger partial charge in [-0.2, -0.15) is 0 Å². The van der Waals surface area contributed by atoms with Gasteiger partial charge in [-0.3, -0.25) is 14.4 Å². The number of imide groups is 1. The molecule has 0 aliphatic carbocycles. The first-order valence-electron chi connectivity index (χ1n) is 9.87. The fourth-order valence-electron chi connectivity index (χ4n) is 4.20. The van der Waals surface area contributed by atoms with E-state index in [4.69, 9.17) is 9.57 Å². The van der Waals surface area contributed by atoms with Crippen LogP contribution >= 0.6 is 15.9 Å². The monoisotopic (exact) mass is 478 g/mol. The van der Waals surface area contributed by atoms with E-state index in [1.165, 1.54) is 4.90 Å². The lowest BCUT2D eigenvalue weighted by molar-refractivity contribution is -0.126. The van der Waals surface area contributed by atoms with Crippen LogP contribution in [0.1, 0.15) is 11.6 Å². The molecule has 0 saturated carbocycles. The zero-order valence-corrected chi connectivity index (χ0v) is 18.2. The number of para-hydroxylation sites is 1. The molecule has 0 spiro atoms. The van der Waals surface area contributed by atoms with Gasteiger partial charge in [0.15, 0.2) is 6.10 Å². The molecule has 0 N–H and O–H groups in total. The molecule has 31 heavy (non-hydrogen) atoms. The van der Waals surface area contributed by atoms with Crippen LogP contribution in [0, 0.1) is 5.92 Å². The molecule has 7 heteroatoms. The number of carbonyl (C=O) groups excluding carboxylic acids is 2. The summed E-state index contributed by atoms with van der Waals surface area (Å²) in [7, 11) is 1.57. The van der Waals surface area contributed by atoms with Crippen molar-refractivity contribution in [1.82, 2.24) is 0 Å². The van der Waals surface area contributed by atoms with Gasteiger partial charge >= 0.3 is 0 Å². The topological polar surface area (TPSA) is 59.1 Å². The van der Waals surface area contributed by atoms with Crippen LogP contribution in [0.25, 0.3) is 0 Å². The number of amides is 2. The first-order chi connectivity index (χ1) is 15.1. The van der Waals surface area contributed by atoms with Gasteiger partial charge in [0.1, 0.15) is 11.7 Å². The van der Waals surface area contributed by atoms with Crippen molar-refractivity contribution in [1.29, 1.82) is 0 Å². The Bertz CT molecular complexity index is 1120. The summed E-state index contributed by atoms with van der Waals surface area (Å²) in [4.78, 5) is 34.2. The average Bonchev–Trinajstić information content (AvgIpc) is 3.31. The first kappa shape index (κ1) is 19.8. The normalized spacial score (nSPS) is 22.7. The lowest BCUT2D eigenvalue weighted by Gasteiger charge is -2.28. The summed E-state index contributed by atoms with van der Waals surface area (Å²) in [5.41, 5.74) is 2.20. The molecule has 2 aliphatic heterocycles. The molecule has 2 fully saturated rings. The van der Waals surface area contributed by atoms with Gasteiger partial charge in [0.25, 0.3) is 5.91 Å². The fraction of sp³-hybridized carbons (Fsp3) is 0.167. The van der Waals surface area contributed by atoms with Gasteiger partial charge < -0.3 is 4.74 Å². The number of rotatable bonds is 4. The zero-order chi connectivity index (χ0) is 21.5. The lowest BCUT2D eigenvalue weighted by Crippen LogP contribution is -2.37. The molecule has 156 valence electrons. The maximum absolute atomic E-state index is 13.5. The Morgan fingerprint density at radius 1 is 0.839 bits per heavy atom. The third-order valence-corrected chi connectivity index (χ3v) is 6.20. The van der Waals surface area contributed by atoms with Crippen molar-refractivity contribution in [3.8, 4) is 5.75 Å². The van der Waals surface area contributed by atoms with E-state index in [1.807, 2.05) is 54.6 Å². The molecule has 0 bridgehead atoms. The molecule has 5 rings (SSSR count).